The second kappa shape index (κ2) is 5.69. The van der Waals surface area contributed by atoms with Gasteiger partial charge < -0.3 is 16.4 Å². The van der Waals surface area contributed by atoms with Crippen molar-refractivity contribution in [1.82, 2.24) is 25.4 Å². The lowest BCUT2D eigenvalue weighted by atomic mass is 10.5. The Morgan fingerprint density at radius 3 is 2.69 bits per heavy atom. The highest BCUT2D eigenvalue weighted by Crippen LogP contribution is 1.88. The molecule has 8 heteroatoms. The molecule has 4 N–H and O–H groups in total. The van der Waals surface area contributed by atoms with E-state index in [-0.39, 0.29) is 24.3 Å². The summed E-state index contributed by atoms with van der Waals surface area (Å²) >= 11 is 0. The summed E-state index contributed by atoms with van der Waals surface area (Å²) in [7, 11) is 0. The number of aromatic nitrogens is 3. The van der Waals surface area contributed by atoms with E-state index in [4.69, 9.17) is 5.73 Å². The number of rotatable bonds is 5. The van der Waals surface area contributed by atoms with Gasteiger partial charge in [-0.25, -0.2) is 9.67 Å². The molecule has 2 amide bonds. The number of hydrogen-bond donors (Lipinski definition) is 3. The molecular weight excluding hydrogens is 212 g/mol. The minimum Gasteiger partial charge on any atom is -0.367 e. The van der Waals surface area contributed by atoms with E-state index in [0.717, 1.165) is 0 Å². The van der Waals surface area contributed by atoms with Gasteiger partial charge in [-0.05, 0) is 0 Å². The van der Waals surface area contributed by atoms with Crippen molar-refractivity contribution in [1.29, 1.82) is 0 Å². The minimum absolute atomic E-state index is 0.0598. The lowest BCUT2D eigenvalue weighted by molar-refractivity contribution is -0.122. The van der Waals surface area contributed by atoms with Crippen LogP contribution >= 0.6 is 0 Å². The first-order valence-electron chi connectivity index (χ1n) is 4.74. The molecule has 1 heterocycles. The topological polar surface area (TPSA) is 115 Å². The Morgan fingerprint density at radius 2 is 2.12 bits per heavy atom. The fourth-order valence-electron chi connectivity index (χ4n) is 1.03. The molecule has 0 aliphatic carbocycles. The van der Waals surface area contributed by atoms with Crippen LogP contribution in [0.4, 0.5) is 5.95 Å². The van der Waals surface area contributed by atoms with Crippen LogP contribution in [0.25, 0.3) is 0 Å². The fraction of sp³-hybridized carbons (Fsp3) is 0.500. The van der Waals surface area contributed by atoms with Crippen LogP contribution in [0.1, 0.15) is 6.92 Å². The minimum atomic E-state index is -0.213. The third-order valence-electron chi connectivity index (χ3n) is 1.68. The second-order valence-corrected chi connectivity index (χ2v) is 3.13. The first-order chi connectivity index (χ1) is 7.58. The monoisotopic (exact) mass is 226 g/mol. The van der Waals surface area contributed by atoms with Crippen LogP contribution in [-0.2, 0) is 16.1 Å². The molecule has 0 spiro atoms. The standard InChI is InChI=1S/C8H14N6O2/c1-6(15)10-2-3-11-7(16)4-14-5-12-8(9)13-14/h5H,2-4H2,1H3,(H2,9,13)(H,10,15)(H,11,16). The Kier molecular flexibility index (Phi) is 4.25. The number of amides is 2. The average molecular weight is 226 g/mol. The van der Waals surface area contributed by atoms with Crippen LogP contribution in [0.2, 0.25) is 0 Å². The quantitative estimate of drug-likeness (QED) is 0.508. The molecule has 0 saturated carbocycles. The van der Waals surface area contributed by atoms with Crippen molar-refractivity contribution < 1.29 is 9.59 Å². The highest BCUT2D eigenvalue weighted by molar-refractivity contribution is 5.76. The number of nitrogens with one attached hydrogen (secondary N) is 2. The summed E-state index contributed by atoms with van der Waals surface area (Å²) in [5.74, 6) is -0.209. The lowest BCUT2D eigenvalue weighted by Gasteiger charge is -2.05. The highest BCUT2D eigenvalue weighted by Gasteiger charge is 2.03. The summed E-state index contributed by atoms with van der Waals surface area (Å²) in [5.41, 5.74) is 5.29. The van der Waals surface area contributed by atoms with Gasteiger partial charge in [0.15, 0.2) is 0 Å². The van der Waals surface area contributed by atoms with Gasteiger partial charge in [-0.2, -0.15) is 0 Å². The van der Waals surface area contributed by atoms with Crippen LogP contribution in [0, 0.1) is 0 Å². The van der Waals surface area contributed by atoms with E-state index in [1.807, 2.05) is 0 Å². The van der Waals surface area contributed by atoms with E-state index >= 15 is 0 Å². The van der Waals surface area contributed by atoms with Gasteiger partial charge in [0.2, 0.25) is 17.8 Å². The Bertz CT molecular complexity index is 374. The molecule has 0 fully saturated rings. The van der Waals surface area contributed by atoms with Gasteiger partial charge >= 0.3 is 0 Å². The van der Waals surface area contributed by atoms with Gasteiger partial charge in [-0.15, -0.1) is 5.10 Å². The molecule has 0 aromatic carbocycles. The van der Waals surface area contributed by atoms with Crippen molar-refractivity contribution in [2.45, 2.75) is 13.5 Å². The summed E-state index contributed by atoms with van der Waals surface area (Å²) < 4.78 is 1.34. The largest absolute Gasteiger partial charge is 0.367 e. The molecule has 0 unspecified atom stereocenters. The van der Waals surface area contributed by atoms with Crippen molar-refractivity contribution in [2.24, 2.45) is 0 Å². The fourth-order valence-corrected chi connectivity index (χ4v) is 1.03. The summed E-state index contributed by atoms with van der Waals surface area (Å²) in [6, 6.07) is 0. The molecular formula is C8H14N6O2. The molecule has 1 rings (SSSR count). The first kappa shape index (κ1) is 12.0. The van der Waals surface area contributed by atoms with Gasteiger partial charge in [0.25, 0.3) is 0 Å². The highest BCUT2D eigenvalue weighted by atomic mass is 16.2. The van der Waals surface area contributed by atoms with Crippen LogP contribution in [0.15, 0.2) is 6.33 Å². The van der Waals surface area contributed by atoms with E-state index in [2.05, 4.69) is 20.7 Å². The average Bonchev–Trinajstić information content (AvgIpc) is 2.58. The van der Waals surface area contributed by atoms with E-state index in [1.54, 1.807) is 0 Å². The van der Waals surface area contributed by atoms with Crippen molar-refractivity contribution in [3.8, 4) is 0 Å². The van der Waals surface area contributed by atoms with Crippen molar-refractivity contribution in [3.63, 3.8) is 0 Å². The van der Waals surface area contributed by atoms with Crippen molar-refractivity contribution in [2.75, 3.05) is 18.8 Å². The maximum absolute atomic E-state index is 11.3. The van der Waals surface area contributed by atoms with Gasteiger partial charge in [-0.1, -0.05) is 0 Å². The smallest absolute Gasteiger partial charge is 0.241 e. The maximum Gasteiger partial charge on any atom is 0.241 e. The molecule has 0 saturated heterocycles. The molecule has 1 aromatic heterocycles. The third kappa shape index (κ3) is 4.40. The van der Waals surface area contributed by atoms with Crippen LogP contribution in [0.5, 0.6) is 0 Å². The van der Waals surface area contributed by atoms with Gasteiger partial charge in [-0.3, -0.25) is 9.59 Å². The first-order valence-corrected chi connectivity index (χ1v) is 4.74. The summed E-state index contributed by atoms with van der Waals surface area (Å²) in [6.45, 7) is 2.26. The Morgan fingerprint density at radius 1 is 1.44 bits per heavy atom. The molecule has 0 aliphatic heterocycles. The molecule has 0 radical (unpaired) electrons. The third-order valence-corrected chi connectivity index (χ3v) is 1.68. The zero-order chi connectivity index (χ0) is 12.0. The molecule has 0 bridgehead atoms. The number of hydrogen-bond acceptors (Lipinski definition) is 5. The zero-order valence-electron chi connectivity index (χ0n) is 8.93. The lowest BCUT2D eigenvalue weighted by Crippen LogP contribution is -2.35. The predicted molar refractivity (Wildman–Crippen MR) is 56.1 cm³/mol. The Hall–Kier alpha value is -2.12. The van der Waals surface area contributed by atoms with Gasteiger partial charge in [0.05, 0.1) is 0 Å². The van der Waals surface area contributed by atoms with Gasteiger partial charge in [0, 0.05) is 20.0 Å². The number of carbonyl (C=O) groups excluding carboxylic acids is 2. The second-order valence-electron chi connectivity index (χ2n) is 3.13. The van der Waals surface area contributed by atoms with E-state index in [9.17, 15) is 9.59 Å². The number of carbonyl (C=O) groups is 2. The van der Waals surface area contributed by atoms with E-state index in [1.165, 1.54) is 17.9 Å². The van der Waals surface area contributed by atoms with Gasteiger partial charge in [0.1, 0.15) is 12.9 Å². The van der Waals surface area contributed by atoms with E-state index < -0.39 is 0 Å². The zero-order valence-corrected chi connectivity index (χ0v) is 8.93. The predicted octanol–water partition coefficient (Wildman–Crippen LogP) is -1.89. The van der Waals surface area contributed by atoms with Crippen molar-refractivity contribution in [3.05, 3.63) is 6.33 Å². The van der Waals surface area contributed by atoms with Crippen LogP contribution in [-0.4, -0.2) is 39.7 Å². The summed E-state index contributed by atoms with van der Waals surface area (Å²) in [4.78, 5) is 25.5. The van der Waals surface area contributed by atoms with Crippen molar-refractivity contribution >= 4 is 17.8 Å². The van der Waals surface area contributed by atoms with Crippen LogP contribution < -0.4 is 16.4 Å². The normalized spacial score (nSPS) is 9.81. The molecule has 16 heavy (non-hydrogen) atoms. The Labute approximate surface area is 92.2 Å². The SMILES string of the molecule is CC(=O)NCCNC(=O)Cn1cnc(N)n1. The summed E-state index contributed by atoms with van der Waals surface area (Å²) in [5, 5.41) is 8.93. The van der Waals surface area contributed by atoms with E-state index in [0.29, 0.717) is 13.1 Å². The Balaban J connectivity index is 2.18. The maximum atomic E-state index is 11.3. The van der Waals surface area contributed by atoms with Crippen LogP contribution in [0.3, 0.4) is 0 Å². The summed E-state index contributed by atoms with van der Waals surface area (Å²) in [6.07, 6.45) is 1.38. The number of nitrogens with zero attached hydrogens (tertiary/aromatic N) is 3. The number of nitrogen functional groups attached to an aromatic ring is 1. The number of anilines is 1. The number of nitrogens with two attached hydrogens (primary N) is 1. The molecule has 0 atom stereocenters. The molecule has 0 aliphatic rings. The molecule has 1 aromatic rings. The molecule has 88 valence electrons. The molecule has 8 nitrogen and oxygen atoms in total.